The van der Waals surface area contributed by atoms with Crippen molar-refractivity contribution in [2.75, 3.05) is 0 Å². The van der Waals surface area contributed by atoms with Gasteiger partial charge in [-0.2, -0.15) is 0 Å². The summed E-state index contributed by atoms with van der Waals surface area (Å²) in [6.45, 7) is 2.29. The summed E-state index contributed by atoms with van der Waals surface area (Å²) >= 11 is 0.353. The fraction of sp³-hybridized carbons (Fsp3) is 0.296. The van der Waals surface area contributed by atoms with Crippen LogP contribution in [-0.4, -0.2) is 15.0 Å². The minimum atomic E-state index is 0.353. The van der Waals surface area contributed by atoms with Crippen LogP contribution in [0.15, 0.2) is 54.6 Å². The van der Waals surface area contributed by atoms with E-state index in [1.165, 1.54) is 70.6 Å². The molecule has 0 unspecified atom stereocenters. The molecular weight excluding hydrogens is 417 g/mol. The van der Waals surface area contributed by atoms with Gasteiger partial charge in [-0.15, -0.1) is 0 Å². The van der Waals surface area contributed by atoms with Crippen molar-refractivity contribution in [2.45, 2.75) is 39.0 Å². The van der Waals surface area contributed by atoms with Crippen molar-refractivity contribution in [1.82, 2.24) is 0 Å². The van der Waals surface area contributed by atoms with E-state index in [0.29, 0.717) is 15.0 Å². The number of pyridine rings is 1. The van der Waals surface area contributed by atoms with Crippen LogP contribution in [0.25, 0.3) is 32.9 Å². The van der Waals surface area contributed by atoms with E-state index in [2.05, 4.69) is 73.1 Å². The second-order valence-electron chi connectivity index (χ2n) is 8.80. The van der Waals surface area contributed by atoms with Gasteiger partial charge in [0, 0.05) is 0 Å². The predicted molar refractivity (Wildman–Crippen MR) is 123 cm³/mol. The molecule has 1 nitrogen and oxygen atoms in total. The van der Waals surface area contributed by atoms with Crippen LogP contribution in [-0.2, 0) is 13.5 Å². The summed E-state index contributed by atoms with van der Waals surface area (Å²) in [4.78, 5) is 0. The zero-order valence-corrected chi connectivity index (χ0v) is 18.9. The molecule has 0 N–H and O–H groups in total. The van der Waals surface area contributed by atoms with Crippen molar-refractivity contribution >= 4 is 45.6 Å². The first kappa shape index (κ1) is 17.7. The monoisotopic (exact) mass is 444 g/mol. The normalized spacial score (nSPS) is 15.9. The SMILES string of the molecule is Cc1ccc2cccc3c2c1-c1c(c(CC2CCCC2)c2ccccc2[n+]1C)[Se]3. The van der Waals surface area contributed by atoms with Gasteiger partial charge in [0.15, 0.2) is 0 Å². The first-order valence-corrected chi connectivity index (χ1v) is 12.6. The minimum absolute atomic E-state index is 0.353. The molecule has 144 valence electrons. The molecule has 0 saturated heterocycles. The van der Waals surface area contributed by atoms with Gasteiger partial charge in [0.1, 0.15) is 0 Å². The first-order valence-electron chi connectivity index (χ1n) is 10.9. The van der Waals surface area contributed by atoms with E-state index < -0.39 is 0 Å². The van der Waals surface area contributed by atoms with Gasteiger partial charge in [-0.3, -0.25) is 0 Å². The van der Waals surface area contributed by atoms with Crippen molar-refractivity contribution in [1.29, 1.82) is 0 Å². The summed E-state index contributed by atoms with van der Waals surface area (Å²) in [6.07, 6.45) is 6.89. The number of hydrogen-bond donors (Lipinski definition) is 0. The molecule has 2 aliphatic rings. The standard InChI is InChI=1S/C27H26NSe/c1-17-14-15-19-10-7-13-23-25(19)24(17)26-27(29-23)21(16-18-8-3-4-9-18)20-11-5-6-12-22(20)28(26)2/h5-7,10-15,18H,3-4,8-9,16H2,1-2H3/q+1. The molecule has 1 fully saturated rings. The Bertz CT molecular complexity index is 1280. The molecule has 1 aliphatic carbocycles. The number of aromatic nitrogens is 1. The van der Waals surface area contributed by atoms with Crippen LogP contribution in [0.2, 0.25) is 0 Å². The third kappa shape index (κ3) is 2.62. The quantitative estimate of drug-likeness (QED) is 0.280. The Hall–Kier alpha value is -2.15. The van der Waals surface area contributed by atoms with Crippen LogP contribution in [0.4, 0.5) is 0 Å². The number of nitrogens with zero attached hydrogens (tertiary/aromatic N) is 1. The molecule has 1 aliphatic heterocycles. The number of fused-ring (bicyclic) bond motifs is 3. The van der Waals surface area contributed by atoms with E-state index >= 15 is 0 Å². The summed E-state index contributed by atoms with van der Waals surface area (Å²) < 4.78 is 5.69. The van der Waals surface area contributed by atoms with E-state index in [1.54, 1.807) is 14.5 Å². The Kier molecular flexibility index (Phi) is 4.08. The predicted octanol–water partition coefficient (Wildman–Crippen LogP) is 4.49. The van der Waals surface area contributed by atoms with Crippen molar-refractivity contribution in [3.8, 4) is 11.3 Å². The third-order valence-electron chi connectivity index (χ3n) is 7.05. The van der Waals surface area contributed by atoms with Crippen molar-refractivity contribution < 1.29 is 4.57 Å². The van der Waals surface area contributed by atoms with Crippen LogP contribution < -0.4 is 13.5 Å². The molecular formula is C27H26NSe+. The molecule has 0 radical (unpaired) electrons. The van der Waals surface area contributed by atoms with Crippen LogP contribution in [0.1, 0.15) is 36.8 Å². The van der Waals surface area contributed by atoms with Gasteiger partial charge in [0.05, 0.1) is 0 Å². The van der Waals surface area contributed by atoms with E-state index in [0.717, 1.165) is 5.92 Å². The molecule has 29 heavy (non-hydrogen) atoms. The molecule has 6 rings (SSSR count). The summed E-state index contributed by atoms with van der Waals surface area (Å²) in [5, 5.41) is 4.37. The Morgan fingerprint density at radius 3 is 2.66 bits per heavy atom. The van der Waals surface area contributed by atoms with E-state index in [4.69, 9.17) is 0 Å². The average molecular weight is 443 g/mol. The number of rotatable bonds is 2. The van der Waals surface area contributed by atoms with Gasteiger partial charge in [-0.05, 0) is 0 Å². The molecule has 0 spiro atoms. The van der Waals surface area contributed by atoms with E-state index in [1.807, 2.05) is 0 Å². The molecule has 0 amide bonds. The van der Waals surface area contributed by atoms with Crippen molar-refractivity contribution in [3.63, 3.8) is 0 Å². The Labute approximate surface area is 178 Å². The molecule has 2 heteroatoms. The van der Waals surface area contributed by atoms with Crippen LogP contribution in [0.3, 0.4) is 0 Å². The van der Waals surface area contributed by atoms with Crippen LogP contribution in [0, 0.1) is 12.8 Å². The summed E-state index contributed by atoms with van der Waals surface area (Å²) in [6, 6.07) is 20.6. The van der Waals surface area contributed by atoms with Gasteiger partial charge in [0.25, 0.3) is 0 Å². The average Bonchev–Trinajstić information content (AvgIpc) is 3.26. The zero-order valence-electron chi connectivity index (χ0n) is 17.2. The van der Waals surface area contributed by atoms with Gasteiger partial charge < -0.3 is 0 Å². The van der Waals surface area contributed by atoms with Gasteiger partial charge >= 0.3 is 179 Å². The molecule has 2 heterocycles. The van der Waals surface area contributed by atoms with E-state index in [-0.39, 0.29) is 0 Å². The molecule has 1 saturated carbocycles. The van der Waals surface area contributed by atoms with Gasteiger partial charge in [-0.1, -0.05) is 0 Å². The second kappa shape index (κ2) is 6.69. The third-order valence-corrected chi connectivity index (χ3v) is 9.57. The Morgan fingerprint density at radius 2 is 1.79 bits per heavy atom. The molecule has 0 atom stereocenters. The molecule has 1 aromatic heterocycles. The first-order chi connectivity index (χ1) is 14.2. The fourth-order valence-electron chi connectivity index (χ4n) is 5.61. The van der Waals surface area contributed by atoms with Gasteiger partial charge in [-0.25, -0.2) is 0 Å². The zero-order chi connectivity index (χ0) is 19.5. The number of benzene rings is 3. The number of para-hydroxylation sites is 1. The van der Waals surface area contributed by atoms with Crippen molar-refractivity contribution in [2.24, 2.45) is 13.0 Å². The molecule has 0 bridgehead atoms. The molecule has 4 aromatic rings. The van der Waals surface area contributed by atoms with Gasteiger partial charge in [0.2, 0.25) is 0 Å². The summed E-state index contributed by atoms with van der Waals surface area (Å²) in [7, 11) is 2.28. The Morgan fingerprint density at radius 1 is 0.966 bits per heavy atom. The van der Waals surface area contributed by atoms with Crippen LogP contribution in [0.5, 0.6) is 0 Å². The topological polar surface area (TPSA) is 3.88 Å². The Balaban J connectivity index is 1.73. The number of aryl methyl sites for hydroxylation is 2. The van der Waals surface area contributed by atoms with Crippen molar-refractivity contribution in [3.05, 3.63) is 65.7 Å². The molecule has 3 aromatic carbocycles. The van der Waals surface area contributed by atoms with E-state index in [9.17, 15) is 0 Å². The summed E-state index contributed by atoms with van der Waals surface area (Å²) in [5.41, 5.74) is 7.39. The second-order valence-corrected chi connectivity index (χ2v) is 11.0. The van der Waals surface area contributed by atoms with Crippen LogP contribution >= 0.6 is 0 Å². The summed E-state index contributed by atoms with van der Waals surface area (Å²) in [5.74, 6) is 0.861. The maximum absolute atomic E-state index is 2.49. The fourth-order valence-corrected chi connectivity index (χ4v) is 8.42. The number of hydrogen-bond acceptors (Lipinski definition) is 0. The maximum atomic E-state index is 2.49.